The Morgan fingerprint density at radius 1 is 1.46 bits per heavy atom. The van der Waals surface area contributed by atoms with Gasteiger partial charge in [0.1, 0.15) is 12.4 Å². The minimum absolute atomic E-state index is 0.249. The van der Waals surface area contributed by atoms with E-state index in [1.54, 1.807) is 14.2 Å². The van der Waals surface area contributed by atoms with E-state index in [4.69, 9.17) is 4.74 Å². The molecule has 1 unspecified atom stereocenters. The summed E-state index contributed by atoms with van der Waals surface area (Å²) in [6.07, 6.45) is 5.80. The van der Waals surface area contributed by atoms with Crippen LogP contribution in [0.5, 0.6) is 0 Å². The fraction of sp³-hybridized carbons (Fsp3) is 0.812. The lowest BCUT2D eigenvalue weighted by molar-refractivity contribution is 0.0521. The van der Waals surface area contributed by atoms with Crippen LogP contribution in [0.25, 0.3) is 0 Å². The van der Waals surface area contributed by atoms with Gasteiger partial charge in [0.15, 0.2) is 11.8 Å². The third-order valence-electron chi connectivity index (χ3n) is 4.86. The molecule has 1 saturated carbocycles. The molecule has 2 heterocycles. The first-order chi connectivity index (χ1) is 11.6. The number of ether oxygens (including phenoxy) is 1. The molecule has 1 aromatic heterocycles. The van der Waals surface area contributed by atoms with Crippen LogP contribution in [0.3, 0.4) is 0 Å². The highest BCUT2D eigenvalue weighted by atomic mass is 16.5. The summed E-state index contributed by atoms with van der Waals surface area (Å²) in [4.78, 5) is 8.77. The zero-order valence-corrected chi connectivity index (χ0v) is 14.6. The number of aryl methyl sites for hydroxylation is 1. The standard InChI is InChI=1S/C16H28N6O2/c1-17-15(18-11-16(23)7-3-4-8-16)19-12-5-6-14-20-13(10-24-2)21-22(14)9-12/h12,23H,3-11H2,1-2H3,(H2,17,18,19). The third kappa shape index (κ3) is 4.05. The van der Waals surface area contributed by atoms with E-state index in [1.807, 2.05) is 4.68 Å². The van der Waals surface area contributed by atoms with Gasteiger partial charge in [-0.3, -0.25) is 4.99 Å². The molecule has 0 bridgehead atoms. The van der Waals surface area contributed by atoms with Crippen LogP contribution in [0, 0.1) is 0 Å². The van der Waals surface area contributed by atoms with Gasteiger partial charge in [0.25, 0.3) is 0 Å². The number of nitrogens with one attached hydrogen (secondary N) is 2. The molecule has 1 aliphatic heterocycles. The van der Waals surface area contributed by atoms with Gasteiger partial charge in [0, 0.05) is 33.2 Å². The summed E-state index contributed by atoms with van der Waals surface area (Å²) in [5.74, 6) is 2.49. The van der Waals surface area contributed by atoms with Crippen LogP contribution in [-0.4, -0.2) is 58.2 Å². The van der Waals surface area contributed by atoms with E-state index in [2.05, 4.69) is 25.7 Å². The summed E-state index contributed by atoms with van der Waals surface area (Å²) in [6, 6.07) is 0.249. The van der Waals surface area contributed by atoms with Gasteiger partial charge in [-0.15, -0.1) is 0 Å². The fourth-order valence-electron chi connectivity index (χ4n) is 3.51. The van der Waals surface area contributed by atoms with E-state index in [0.29, 0.717) is 13.2 Å². The molecule has 3 N–H and O–H groups in total. The van der Waals surface area contributed by atoms with Gasteiger partial charge in [-0.2, -0.15) is 5.10 Å². The number of hydrogen-bond donors (Lipinski definition) is 3. The van der Waals surface area contributed by atoms with Crippen LogP contribution in [0.15, 0.2) is 4.99 Å². The van der Waals surface area contributed by atoms with Crippen LogP contribution >= 0.6 is 0 Å². The minimum atomic E-state index is -0.585. The van der Waals surface area contributed by atoms with E-state index in [1.165, 1.54) is 0 Å². The Hall–Kier alpha value is -1.67. The smallest absolute Gasteiger partial charge is 0.191 e. The van der Waals surface area contributed by atoms with Crippen molar-refractivity contribution in [1.82, 2.24) is 25.4 Å². The van der Waals surface area contributed by atoms with Gasteiger partial charge in [0.2, 0.25) is 0 Å². The third-order valence-corrected chi connectivity index (χ3v) is 4.86. The van der Waals surface area contributed by atoms with Gasteiger partial charge in [-0.05, 0) is 19.3 Å². The maximum Gasteiger partial charge on any atom is 0.191 e. The average molecular weight is 336 g/mol. The predicted octanol–water partition coefficient (Wildman–Crippen LogP) is 0.209. The molecule has 3 rings (SSSR count). The number of aromatic nitrogens is 3. The highest BCUT2D eigenvalue weighted by Gasteiger charge is 2.31. The Bertz CT molecular complexity index is 579. The van der Waals surface area contributed by atoms with Crippen molar-refractivity contribution in [2.45, 2.75) is 63.3 Å². The average Bonchev–Trinajstić information content (AvgIpc) is 3.17. The first kappa shape index (κ1) is 17.2. The van der Waals surface area contributed by atoms with Crippen LogP contribution in [-0.2, 0) is 24.3 Å². The number of aliphatic hydroxyl groups is 1. The number of hydrogen-bond acceptors (Lipinski definition) is 5. The Labute approximate surface area is 142 Å². The second-order valence-corrected chi connectivity index (χ2v) is 6.80. The molecule has 0 radical (unpaired) electrons. The van der Waals surface area contributed by atoms with Gasteiger partial charge in [-0.25, -0.2) is 9.67 Å². The summed E-state index contributed by atoms with van der Waals surface area (Å²) in [5, 5.41) is 21.6. The minimum Gasteiger partial charge on any atom is -0.388 e. The molecule has 0 spiro atoms. The Balaban J connectivity index is 1.53. The van der Waals surface area contributed by atoms with Gasteiger partial charge in [-0.1, -0.05) is 12.8 Å². The van der Waals surface area contributed by atoms with Gasteiger partial charge in [0.05, 0.1) is 12.1 Å². The lowest BCUT2D eigenvalue weighted by atomic mass is 10.0. The van der Waals surface area contributed by atoms with E-state index in [9.17, 15) is 5.11 Å². The predicted molar refractivity (Wildman–Crippen MR) is 90.8 cm³/mol. The second kappa shape index (κ2) is 7.48. The number of rotatable bonds is 5. The molecular formula is C16H28N6O2. The van der Waals surface area contributed by atoms with Crippen LogP contribution in [0.1, 0.15) is 43.8 Å². The maximum absolute atomic E-state index is 10.4. The quantitative estimate of drug-likeness (QED) is 0.525. The molecule has 1 fully saturated rings. The van der Waals surface area contributed by atoms with E-state index in [-0.39, 0.29) is 6.04 Å². The molecule has 2 aliphatic rings. The second-order valence-electron chi connectivity index (χ2n) is 6.80. The normalized spacial score (nSPS) is 23.1. The molecule has 0 saturated heterocycles. The van der Waals surface area contributed by atoms with Crippen molar-refractivity contribution in [3.63, 3.8) is 0 Å². The molecule has 8 nitrogen and oxygen atoms in total. The Kier molecular flexibility index (Phi) is 5.35. The Morgan fingerprint density at radius 2 is 2.25 bits per heavy atom. The molecule has 0 amide bonds. The van der Waals surface area contributed by atoms with Gasteiger partial charge < -0.3 is 20.5 Å². The maximum atomic E-state index is 10.4. The molecule has 1 aromatic rings. The van der Waals surface area contributed by atoms with Crippen molar-refractivity contribution in [3.8, 4) is 0 Å². The zero-order valence-electron chi connectivity index (χ0n) is 14.6. The lowest BCUT2D eigenvalue weighted by Gasteiger charge is -2.28. The van der Waals surface area contributed by atoms with E-state index >= 15 is 0 Å². The number of nitrogens with zero attached hydrogens (tertiary/aromatic N) is 4. The van der Waals surface area contributed by atoms with Gasteiger partial charge >= 0.3 is 0 Å². The monoisotopic (exact) mass is 336 g/mol. The molecule has 8 heteroatoms. The molecule has 134 valence electrons. The summed E-state index contributed by atoms with van der Waals surface area (Å²) in [7, 11) is 3.41. The molecular weight excluding hydrogens is 308 g/mol. The number of aliphatic imine (C=N–C) groups is 1. The summed E-state index contributed by atoms with van der Waals surface area (Å²) < 4.78 is 7.05. The first-order valence-electron chi connectivity index (χ1n) is 8.73. The topological polar surface area (TPSA) is 96.6 Å². The zero-order chi connectivity index (χ0) is 17.0. The van der Waals surface area contributed by atoms with Crippen LogP contribution in [0.2, 0.25) is 0 Å². The lowest BCUT2D eigenvalue weighted by Crippen LogP contribution is -2.50. The van der Waals surface area contributed by atoms with Crippen molar-refractivity contribution < 1.29 is 9.84 Å². The highest BCUT2D eigenvalue weighted by molar-refractivity contribution is 5.80. The summed E-state index contributed by atoms with van der Waals surface area (Å²) >= 11 is 0. The summed E-state index contributed by atoms with van der Waals surface area (Å²) in [6.45, 7) is 1.75. The molecule has 24 heavy (non-hydrogen) atoms. The van der Waals surface area contributed by atoms with E-state index < -0.39 is 5.60 Å². The van der Waals surface area contributed by atoms with Crippen LogP contribution in [0.4, 0.5) is 0 Å². The summed E-state index contributed by atoms with van der Waals surface area (Å²) in [5.41, 5.74) is -0.585. The van der Waals surface area contributed by atoms with Crippen LogP contribution < -0.4 is 10.6 Å². The van der Waals surface area contributed by atoms with E-state index in [0.717, 1.165) is 62.7 Å². The van der Waals surface area contributed by atoms with Crippen molar-refractivity contribution in [3.05, 3.63) is 11.6 Å². The fourth-order valence-corrected chi connectivity index (χ4v) is 3.51. The first-order valence-corrected chi connectivity index (χ1v) is 8.73. The SMILES string of the molecule is CN=C(NCC1(O)CCCC1)NC1CCc2nc(COC)nn2C1. The van der Waals surface area contributed by atoms with Crippen molar-refractivity contribution in [1.29, 1.82) is 0 Å². The van der Waals surface area contributed by atoms with Crippen molar-refractivity contribution in [2.24, 2.45) is 4.99 Å². The van der Waals surface area contributed by atoms with Crippen molar-refractivity contribution >= 4 is 5.96 Å². The van der Waals surface area contributed by atoms with Crippen molar-refractivity contribution in [2.75, 3.05) is 20.7 Å². The largest absolute Gasteiger partial charge is 0.388 e. The highest BCUT2D eigenvalue weighted by Crippen LogP contribution is 2.28. The number of methoxy groups -OCH3 is 1. The molecule has 1 atom stereocenters. The number of fused-ring (bicyclic) bond motifs is 1. The number of guanidine groups is 1. The molecule has 0 aromatic carbocycles. The Morgan fingerprint density at radius 3 is 2.96 bits per heavy atom. The molecule has 1 aliphatic carbocycles.